The highest BCUT2D eigenvalue weighted by Gasteiger charge is 2.44. The van der Waals surface area contributed by atoms with Gasteiger partial charge in [0.2, 0.25) is 0 Å². The molecule has 2 nitrogen and oxygen atoms in total. The lowest BCUT2D eigenvalue weighted by Crippen LogP contribution is -2.34. The van der Waals surface area contributed by atoms with Crippen LogP contribution < -0.4 is 0 Å². The second-order valence-corrected chi connectivity index (χ2v) is 5.70. The monoisotopic (exact) mass is 244 g/mol. The molecule has 18 heavy (non-hydrogen) atoms. The van der Waals surface area contributed by atoms with Crippen molar-refractivity contribution in [3.8, 4) is 0 Å². The minimum atomic E-state index is -0.0193. The number of benzene rings is 1. The third kappa shape index (κ3) is 2.43. The molecule has 0 N–H and O–H groups in total. The summed E-state index contributed by atoms with van der Waals surface area (Å²) in [4.78, 5) is 11.8. The van der Waals surface area contributed by atoms with Gasteiger partial charge in [-0.05, 0) is 36.2 Å². The standard InChI is InChI=1S/C16H20O2/c17-16(18-11-12-5-2-1-3-6-12)10-14-9-13-7-4-8-15(13)14/h1-3,5-6,13-15H,4,7-11H2. The van der Waals surface area contributed by atoms with Crippen LogP contribution in [0.3, 0.4) is 0 Å². The predicted octanol–water partition coefficient (Wildman–Crippen LogP) is 3.56. The van der Waals surface area contributed by atoms with E-state index in [9.17, 15) is 4.79 Å². The zero-order valence-electron chi connectivity index (χ0n) is 10.7. The van der Waals surface area contributed by atoms with Crippen LogP contribution in [0.25, 0.3) is 0 Å². The summed E-state index contributed by atoms with van der Waals surface area (Å²) in [7, 11) is 0. The van der Waals surface area contributed by atoms with Crippen molar-refractivity contribution < 1.29 is 9.53 Å². The number of carbonyl (C=O) groups is 1. The normalized spacial score (nSPS) is 29.4. The number of fused-ring (bicyclic) bond motifs is 1. The summed E-state index contributed by atoms with van der Waals surface area (Å²) < 4.78 is 5.34. The Bertz CT molecular complexity index is 412. The van der Waals surface area contributed by atoms with Gasteiger partial charge in [0.1, 0.15) is 6.61 Å². The van der Waals surface area contributed by atoms with Gasteiger partial charge in [0.25, 0.3) is 0 Å². The zero-order chi connectivity index (χ0) is 12.4. The Morgan fingerprint density at radius 1 is 1.22 bits per heavy atom. The van der Waals surface area contributed by atoms with Crippen molar-refractivity contribution in [1.29, 1.82) is 0 Å². The van der Waals surface area contributed by atoms with E-state index in [1.165, 1.54) is 25.7 Å². The molecule has 96 valence electrons. The maximum absolute atomic E-state index is 11.8. The number of carbonyl (C=O) groups excluding carboxylic acids is 1. The lowest BCUT2D eigenvalue weighted by Gasteiger charge is -2.40. The Kier molecular flexibility index (Phi) is 3.35. The van der Waals surface area contributed by atoms with Gasteiger partial charge in [0, 0.05) is 6.42 Å². The molecule has 3 unspecified atom stereocenters. The molecule has 0 bridgehead atoms. The lowest BCUT2D eigenvalue weighted by atomic mass is 9.65. The molecule has 0 radical (unpaired) electrons. The first-order valence-electron chi connectivity index (χ1n) is 7.02. The van der Waals surface area contributed by atoms with Crippen LogP contribution in [0.4, 0.5) is 0 Å². The SMILES string of the molecule is O=C(CC1CC2CCCC21)OCc1ccccc1. The van der Waals surface area contributed by atoms with E-state index in [-0.39, 0.29) is 5.97 Å². The van der Waals surface area contributed by atoms with Gasteiger partial charge < -0.3 is 4.74 Å². The van der Waals surface area contributed by atoms with Gasteiger partial charge in [-0.3, -0.25) is 4.79 Å². The molecule has 1 aromatic carbocycles. The van der Waals surface area contributed by atoms with Crippen LogP contribution in [0, 0.1) is 17.8 Å². The van der Waals surface area contributed by atoms with Gasteiger partial charge in [0.15, 0.2) is 0 Å². The molecule has 0 saturated heterocycles. The van der Waals surface area contributed by atoms with Crippen molar-refractivity contribution in [2.45, 2.75) is 38.7 Å². The molecule has 2 aliphatic rings. The van der Waals surface area contributed by atoms with Crippen LogP contribution >= 0.6 is 0 Å². The van der Waals surface area contributed by atoms with Crippen molar-refractivity contribution in [1.82, 2.24) is 0 Å². The molecule has 0 spiro atoms. The Balaban J connectivity index is 1.43. The Hall–Kier alpha value is -1.31. The summed E-state index contributed by atoms with van der Waals surface area (Å²) in [5, 5.41) is 0. The van der Waals surface area contributed by atoms with Gasteiger partial charge >= 0.3 is 5.97 Å². The van der Waals surface area contributed by atoms with E-state index in [0.29, 0.717) is 18.9 Å². The van der Waals surface area contributed by atoms with E-state index in [4.69, 9.17) is 4.74 Å². The third-order valence-corrected chi connectivity index (χ3v) is 4.60. The Morgan fingerprint density at radius 3 is 2.83 bits per heavy atom. The van der Waals surface area contributed by atoms with Gasteiger partial charge in [-0.25, -0.2) is 0 Å². The second kappa shape index (κ2) is 5.13. The topological polar surface area (TPSA) is 26.3 Å². The average Bonchev–Trinajstić information content (AvgIpc) is 2.76. The molecule has 0 heterocycles. The van der Waals surface area contributed by atoms with E-state index >= 15 is 0 Å². The molecule has 3 rings (SSSR count). The third-order valence-electron chi connectivity index (χ3n) is 4.60. The molecule has 1 aromatic rings. The minimum absolute atomic E-state index is 0.0193. The van der Waals surface area contributed by atoms with E-state index < -0.39 is 0 Å². The highest BCUT2D eigenvalue weighted by molar-refractivity contribution is 5.69. The molecule has 2 saturated carbocycles. The van der Waals surface area contributed by atoms with E-state index in [1.54, 1.807) is 0 Å². The average molecular weight is 244 g/mol. The molecule has 0 aromatic heterocycles. The first-order chi connectivity index (χ1) is 8.83. The van der Waals surface area contributed by atoms with Crippen molar-refractivity contribution in [3.63, 3.8) is 0 Å². The molecule has 0 amide bonds. The van der Waals surface area contributed by atoms with Gasteiger partial charge in [-0.15, -0.1) is 0 Å². The lowest BCUT2D eigenvalue weighted by molar-refractivity contribution is -0.148. The molecular formula is C16H20O2. The number of rotatable bonds is 4. The summed E-state index contributed by atoms with van der Waals surface area (Å²) in [5.41, 5.74) is 1.07. The summed E-state index contributed by atoms with van der Waals surface area (Å²) in [6.45, 7) is 0.417. The van der Waals surface area contributed by atoms with Crippen LogP contribution in [0.2, 0.25) is 0 Å². The fourth-order valence-corrected chi connectivity index (χ4v) is 3.59. The molecule has 3 atom stereocenters. The first kappa shape index (κ1) is 11.8. The smallest absolute Gasteiger partial charge is 0.306 e. The minimum Gasteiger partial charge on any atom is -0.461 e. The number of hydrogen-bond acceptors (Lipinski definition) is 2. The quantitative estimate of drug-likeness (QED) is 0.757. The maximum atomic E-state index is 11.8. The molecule has 2 fully saturated rings. The maximum Gasteiger partial charge on any atom is 0.306 e. The highest BCUT2D eigenvalue weighted by atomic mass is 16.5. The zero-order valence-corrected chi connectivity index (χ0v) is 10.7. The van der Waals surface area contributed by atoms with Crippen molar-refractivity contribution in [3.05, 3.63) is 35.9 Å². The van der Waals surface area contributed by atoms with Crippen molar-refractivity contribution in [2.75, 3.05) is 0 Å². The fraction of sp³-hybridized carbons (Fsp3) is 0.562. The molecular weight excluding hydrogens is 224 g/mol. The van der Waals surface area contributed by atoms with Crippen LogP contribution in [0.5, 0.6) is 0 Å². The van der Waals surface area contributed by atoms with Gasteiger partial charge in [-0.2, -0.15) is 0 Å². The Morgan fingerprint density at radius 2 is 2.06 bits per heavy atom. The Labute approximate surface area is 108 Å². The predicted molar refractivity (Wildman–Crippen MR) is 69.8 cm³/mol. The summed E-state index contributed by atoms with van der Waals surface area (Å²) in [6.07, 6.45) is 5.98. The fourth-order valence-electron chi connectivity index (χ4n) is 3.59. The van der Waals surface area contributed by atoms with E-state index in [2.05, 4.69) is 0 Å². The van der Waals surface area contributed by atoms with Crippen molar-refractivity contribution in [2.24, 2.45) is 17.8 Å². The van der Waals surface area contributed by atoms with Crippen LogP contribution in [0.15, 0.2) is 30.3 Å². The molecule has 0 aliphatic heterocycles. The van der Waals surface area contributed by atoms with Crippen LogP contribution in [-0.4, -0.2) is 5.97 Å². The van der Waals surface area contributed by atoms with Gasteiger partial charge in [0.05, 0.1) is 0 Å². The van der Waals surface area contributed by atoms with Crippen molar-refractivity contribution >= 4 is 5.97 Å². The highest BCUT2D eigenvalue weighted by Crippen LogP contribution is 2.52. The molecule has 2 aliphatic carbocycles. The summed E-state index contributed by atoms with van der Waals surface area (Å²) >= 11 is 0. The van der Waals surface area contributed by atoms with Gasteiger partial charge in [-0.1, -0.05) is 43.2 Å². The number of ether oxygens (including phenoxy) is 1. The first-order valence-corrected chi connectivity index (χ1v) is 7.02. The summed E-state index contributed by atoms with van der Waals surface area (Å²) in [6, 6.07) is 9.89. The van der Waals surface area contributed by atoms with E-state index in [0.717, 1.165) is 17.4 Å². The second-order valence-electron chi connectivity index (χ2n) is 5.70. The van der Waals surface area contributed by atoms with Crippen LogP contribution in [-0.2, 0) is 16.1 Å². The summed E-state index contributed by atoms with van der Waals surface area (Å²) in [5.74, 6) is 2.35. The largest absolute Gasteiger partial charge is 0.461 e. The van der Waals surface area contributed by atoms with Crippen LogP contribution in [0.1, 0.15) is 37.7 Å². The number of esters is 1. The molecule has 2 heteroatoms. The van der Waals surface area contributed by atoms with E-state index in [1.807, 2.05) is 30.3 Å². The number of hydrogen-bond donors (Lipinski definition) is 0.